The van der Waals surface area contributed by atoms with Crippen molar-refractivity contribution in [3.63, 3.8) is 0 Å². The molecule has 0 radical (unpaired) electrons. The van der Waals surface area contributed by atoms with E-state index >= 15 is 0 Å². The fourth-order valence-corrected chi connectivity index (χ4v) is 4.29. The summed E-state index contributed by atoms with van der Waals surface area (Å²) in [7, 11) is 0. The second kappa shape index (κ2) is 9.71. The molecule has 1 aliphatic rings. The Morgan fingerprint density at radius 3 is 2.54 bits per heavy atom. The molecule has 1 aliphatic heterocycles. The van der Waals surface area contributed by atoms with Crippen molar-refractivity contribution >= 4 is 34.8 Å². The van der Waals surface area contributed by atoms with Gasteiger partial charge in [-0.05, 0) is 30.2 Å². The van der Waals surface area contributed by atoms with Crippen LogP contribution >= 0.6 is 23.2 Å². The summed E-state index contributed by atoms with van der Waals surface area (Å²) >= 11 is 12.3. The van der Waals surface area contributed by atoms with Crippen LogP contribution in [0.3, 0.4) is 0 Å². The van der Waals surface area contributed by atoms with Gasteiger partial charge in [0.15, 0.2) is 23.1 Å². The molecule has 0 atom stereocenters. The van der Waals surface area contributed by atoms with Gasteiger partial charge in [-0.3, -0.25) is 4.79 Å². The zero-order chi connectivity index (χ0) is 25.5. The van der Waals surface area contributed by atoms with Gasteiger partial charge in [0.25, 0.3) is 5.91 Å². The summed E-state index contributed by atoms with van der Waals surface area (Å²) in [6.07, 6.45) is -4.27. The van der Waals surface area contributed by atoms with Crippen molar-refractivity contribution in [1.82, 2.24) is 15.1 Å². The van der Waals surface area contributed by atoms with E-state index < -0.39 is 36.1 Å². The van der Waals surface area contributed by atoms with Crippen LogP contribution in [0, 0.1) is 17.5 Å². The highest BCUT2D eigenvalue weighted by Crippen LogP contribution is 2.34. The van der Waals surface area contributed by atoms with E-state index in [1.807, 2.05) is 0 Å². The number of halogens is 8. The zero-order valence-corrected chi connectivity index (χ0v) is 19.2. The maximum atomic E-state index is 14.8. The number of alkyl halides is 3. The lowest BCUT2D eigenvalue weighted by Crippen LogP contribution is -2.38. The highest BCUT2D eigenvalue weighted by atomic mass is 35.5. The van der Waals surface area contributed by atoms with Gasteiger partial charge in [-0.2, -0.15) is 18.3 Å². The first kappa shape index (κ1) is 25.3. The van der Waals surface area contributed by atoms with Crippen molar-refractivity contribution in [3.8, 4) is 0 Å². The highest BCUT2D eigenvalue weighted by molar-refractivity contribution is 6.32. The summed E-state index contributed by atoms with van der Waals surface area (Å²) in [5.41, 5.74) is 0.236. The van der Waals surface area contributed by atoms with Gasteiger partial charge in [-0.1, -0.05) is 35.3 Å². The van der Waals surface area contributed by atoms with E-state index in [1.165, 1.54) is 24.3 Å². The number of nitrogens with zero attached hydrogens (tertiary/aromatic N) is 3. The number of hydrogen-bond acceptors (Lipinski definition) is 3. The second-order valence-electron chi connectivity index (χ2n) is 7.82. The first-order chi connectivity index (χ1) is 16.5. The Balaban J connectivity index is 1.61. The van der Waals surface area contributed by atoms with Crippen molar-refractivity contribution in [2.45, 2.75) is 25.7 Å². The minimum atomic E-state index is -4.43. The van der Waals surface area contributed by atoms with Crippen LogP contribution in [-0.4, -0.2) is 35.0 Å². The molecule has 0 unspecified atom stereocenters. The minimum absolute atomic E-state index is 0.0156. The van der Waals surface area contributed by atoms with Crippen molar-refractivity contribution in [3.05, 3.63) is 80.3 Å². The molecule has 186 valence electrons. The van der Waals surface area contributed by atoms with Crippen LogP contribution in [0.2, 0.25) is 10.2 Å². The van der Waals surface area contributed by atoms with Gasteiger partial charge in [0.1, 0.15) is 5.15 Å². The molecule has 4 rings (SSSR count). The molecule has 0 aliphatic carbocycles. The normalized spacial score (nSPS) is 13.9. The predicted octanol–water partition coefficient (Wildman–Crippen LogP) is 5.51. The smallest absolute Gasteiger partial charge is 0.305 e. The Bertz CT molecular complexity index is 1290. The molecule has 1 N–H and O–H groups in total. The Morgan fingerprint density at radius 1 is 1.09 bits per heavy atom. The Hall–Kier alpha value is -2.76. The monoisotopic (exact) mass is 536 g/mol. The van der Waals surface area contributed by atoms with Crippen LogP contribution in [0.25, 0.3) is 0 Å². The van der Waals surface area contributed by atoms with Gasteiger partial charge in [0.05, 0.1) is 23.8 Å². The first-order valence-corrected chi connectivity index (χ1v) is 11.0. The van der Waals surface area contributed by atoms with Crippen molar-refractivity contribution in [1.29, 1.82) is 0 Å². The number of fused-ring (bicyclic) bond motifs is 1. The number of anilines is 1. The van der Waals surface area contributed by atoms with Crippen LogP contribution in [0.4, 0.5) is 32.0 Å². The molecule has 0 fully saturated rings. The fourth-order valence-electron chi connectivity index (χ4n) is 3.77. The Morgan fingerprint density at radius 2 is 1.83 bits per heavy atom. The van der Waals surface area contributed by atoms with E-state index in [4.69, 9.17) is 23.2 Å². The van der Waals surface area contributed by atoms with Gasteiger partial charge in [-0.15, -0.1) is 0 Å². The fraction of sp³-hybridized carbons (Fsp3) is 0.273. The van der Waals surface area contributed by atoms with Gasteiger partial charge in [0, 0.05) is 24.2 Å². The lowest BCUT2D eigenvalue weighted by Gasteiger charge is -2.27. The first-order valence-electron chi connectivity index (χ1n) is 10.2. The van der Waals surface area contributed by atoms with Crippen LogP contribution in [0.1, 0.15) is 27.2 Å². The number of carbonyl (C=O) groups excluding carboxylic acids is 1. The Kier molecular flexibility index (Phi) is 7.03. The average Bonchev–Trinajstić information content (AvgIpc) is 3.10. The van der Waals surface area contributed by atoms with Crippen molar-refractivity contribution in [2.75, 3.05) is 18.0 Å². The third-order valence-electron chi connectivity index (χ3n) is 5.38. The summed E-state index contributed by atoms with van der Waals surface area (Å²) in [4.78, 5) is 14.2. The minimum Gasteiger partial charge on any atom is -0.305 e. The zero-order valence-electron chi connectivity index (χ0n) is 17.7. The summed E-state index contributed by atoms with van der Waals surface area (Å²) < 4.78 is 80.8. The number of hydrogen-bond donors (Lipinski definition) is 1. The maximum absolute atomic E-state index is 14.8. The second-order valence-corrected chi connectivity index (χ2v) is 8.59. The number of benzene rings is 2. The molecule has 0 bridgehead atoms. The molecule has 0 spiro atoms. The highest BCUT2D eigenvalue weighted by Gasteiger charge is 2.34. The predicted molar refractivity (Wildman–Crippen MR) is 117 cm³/mol. The number of carbonyl (C=O) groups is 1. The van der Waals surface area contributed by atoms with E-state index in [0.29, 0.717) is 5.56 Å². The van der Waals surface area contributed by atoms with Gasteiger partial charge in [0.2, 0.25) is 0 Å². The van der Waals surface area contributed by atoms with E-state index in [1.54, 1.807) is 0 Å². The van der Waals surface area contributed by atoms with Crippen LogP contribution < -0.4 is 10.2 Å². The Labute approximate surface area is 205 Å². The van der Waals surface area contributed by atoms with E-state index in [-0.39, 0.29) is 58.7 Å². The van der Waals surface area contributed by atoms with Gasteiger partial charge < -0.3 is 10.2 Å². The molecular weight excluding hydrogens is 521 g/mol. The SMILES string of the molecule is O=C1c2nn(Cc3cccc(F)c3F)c(Cl)c2CCN1c1cc(CNCC(F)(F)F)cc(Cl)c1F. The summed E-state index contributed by atoms with van der Waals surface area (Å²) in [5.74, 6) is -3.76. The molecule has 1 amide bonds. The standard InChI is InChI=1S/C22H16Cl2F6N4O/c23-14-6-11(8-31-10-22(28,29)30)7-16(18(14)27)33-5-4-13-19(21(33)35)32-34(20(13)24)9-12-2-1-3-15(25)17(12)26/h1-3,6-7,31H,4-5,8-10H2. The van der Waals surface area contributed by atoms with Crippen LogP contribution in [0.5, 0.6) is 0 Å². The molecule has 1 aromatic heterocycles. The number of nitrogens with one attached hydrogen (secondary N) is 1. The quantitative estimate of drug-likeness (QED) is 0.422. The summed E-state index contributed by atoms with van der Waals surface area (Å²) in [6.45, 7) is -1.79. The molecule has 0 saturated heterocycles. The molecule has 3 aromatic rings. The molecule has 0 saturated carbocycles. The molecular formula is C22H16Cl2F6N4O. The third kappa shape index (κ3) is 5.26. The number of aromatic nitrogens is 2. The summed E-state index contributed by atoms with van der Waals surface area (Å²) in [5, 5.41) is 6.01. The third-order valence-corrected chi connectivity index (χ3v) is 6.08. The molecule has 5 nitrogen and oxygen atoms in total. The van der Waals surface area contributed by atoms with E-state index in [2.05, 4.69) is 10.4 Å². The van der Waals surface area contributed by atoms with Crippen molar-refractivity contribution < 1.29 is 31.1 Å². The molecule has 35 heavy (non-hydrogen) atoms. The average molecular weight is 537 g/mol. The van der Waals surface area contributed by atoms with E-state index in [9.17, 15) is 31.1 Å². The molecule has 2 heterocycles. The summed E-state index contributed by atoms with van der Waals surface area (Å²) in [6, 6.07) is 6.03. The van der Waals surface area contributed by atoms with Crippen molar-refractivity contribution in [2.24, 2.45) is 0 Å². The maximum Gasteiger partial charge on any atom is 0.401 e. The molecule has 2 aromatic carbocycles. The van der Waals surface area contributed by atoms with Crippen LogP contribution in [-0.2, 0) is 19.5 Å². The lowest BCUT2D eigenvalue weighted by molar-refractivity contribution is -0.125. The van der Waals surface area contributed by atoms with E-state index in [0.717, 1.165) is 15.6 Å². The number of rotatable bonds is 6. The number of amides is 1. The topological polar surface area (TPSA) is 50.2 Å². The lowest BCUT2D eigenvalue weighted by atomic mass is 10.1. The van der Waals surface area contributed by atoms with Gasteiger partial charge in [-0.25, -0.2) is 17.9 Å². The molecule has 13 heteroatoms. The van der Waals surface area contributed by atoms with Crippen LogP contribution in [0.15, 0.2) is 30.3 Å². The largest absolute Gasteiger partial charge is 0.401 e. The van der Waals surface area contributed by atoms with Gasteiger partial charge >= 0.3 is 6.18 Å².